The lowest BCUT2D eigenvalue weighted by Crippen LogP contribution is -2.22. The maximum atomic E-state index is 6.16. The highest BCUT2D eigenvalue weighted by atomic mass is 35.5. The number of nitrogens with one attached hydrogen (secondary N) is 1. The van der Waals surface area contributed by atoms with Crippen molar-refractivity contribution >= 4 is 28.6 Å². The molecule has 3 rings (SSSR count). The molecule has 6 heteroatoms. The number of aromatic nitrogens is 3. The first-order valence-electron chi connectivity index (χ1n) is 7.04. The fraction of sp³-hybridized carbons (Fsp3) is 0.333. The van der Waals surface area contributed by atoms with Crippen LogP contribution in [0.5, 0.6) is 0 Å². The Morgan fingerprint density at radius 3 is 3.00 bits per heavy atom. The fourth-order valence-electron chi connectivity index (χ4n) is 2.38. The van der Waals surface area contributed by atoms with Gasteiger partial charge in [0.2, 0.25) is 0 Å². The number of nitrogens with zero attached hydrogens (tertiary/aromatic N) is 3. The molecule has 0 amide bonds. The van der Waals surface area contributed by atoms with Gasteiger partial charge >= 0.3 is 0 Å². The summed E-state index contributed by atoms with van der Waals surface area (Å²) in [6.07, 6.45) is 4.10. The number of hydrogen-bond acceptors (Lipinski definition) is 4. The van der Waals surface area contributed by atoms with Gasteiger partial charge in [-0.3, -0.25) is 4.40 Å². The lowest BCUT2D eigenvalue weighted by molar-refractivity contribution is 0.469. The van der Waals surface area contributed by atoms with E-state index in [0.717, 1.165) is 40.8 Å². The van der Waals surface area contributed by atoms with E-state index >= 15 is 0 Å². The highest BCUT2D eigenvalue weighted by Crippen LogP contribution is 2.24. The lowest BCUT2D eigenvalue weighted by atomic mass is 10.1. The van der Waals surface area contributed by atoms with Gasteiger partial charge in [0.15, 0.2) is 11.5 Å². The second kappa shape index (κ2) is 6.56. The highest BCUT2D eigenvalue weighted by Gasteiger charge is 2.17. The largest absolute Gasteiger partial charge is 0.302 e. The molecule has 110 valence electrons. The zero-order chi connectivity index (χ0) is 14.7. The van der Waals surface area contributed by atoms with Crippen LogP contribution >= 0.6 is 22.9 Å². The molecular weight excluding hydrogens is 304 g/mol. The summed E-state index contributed by atoms with van der Waals surface area (Å²) < 4.78 is 2.04. The van der Waals surface area contributed by atoms with Gasteiger partial charge in [0.25, 0.3) is 0 Å². The maximum Gasteiger partial charge on any atom is 0.160 e. The second-order valence-electron chi connectivity index (χ2n) is 4.90. The van der Waals surface area contributed by atoms with Crippen LogP contribution in [-0.4, -0.2) is 14.6 Å². The van der Waals surface area contributed by atoms with Gasteiger partial charge in [-0.1, -0.05) is 31.0 Å². The molecule has 0 spiro atoms. The van der Waals surface area contributed by atoms with Crippen LogP contribution in [0.15, 0.2) is 35.8 Å². The van der Waals surface area contributed by atoms with Crippen molar-refractivity contribution in [2.24, 2.45) is 0 Å². The monoisotopic (exact) mass is 320 g/mol. The van der Waals surface area contributed by atoms with E-state index in [2.05, 4.69) is 22.4 Å². The summed E-state index contributed by atoms with van der Waals surface area (Å²) in [4.78, 5) is 1.16. The average molecular weight is 321 g/mol. The van der Waals surface area contributed by atoms with Crippen molar-refractivity contribution < 1.29 is 0 Å². The van der Waals surface area contributed by atoms with E-state index < -0.39 is 0 Å². The number of hydrogen-bond donors (Lipinski definition) is 1. The molecular formula is C15H17ClN4S. The van der Waals surface area contributed by atoms with E-state index in [4.69, 9.17) is 11.6 Å². The summed E-state index contributed by atoms with van der Waals surface area (Å²) >= 11 is 7.83. The van der Waals surface area contributed by atoms with Crippen LogP contribution in [0.1, 0.15) is 36.5 Å². The Morgan fingerprint density at radius 1 is 1.33 bits per heavy atom. The number of rotatable bonds is 6. The number of pyridine rings is 1. The quantitative estimate of drug-likeness (QED) is 0.744. The van der Waals surface area contributed by atoms with Gasteiger partial charge in [-0.2, -0.15) is 0 Å². The molecule has 21 heavy (non-hydrogen) atoms. The standard InChI is InChI=1S/C15H17ClN4S/c1-2-5-12(17-10-13-11(16)7-9-21-13)15-19-18-14-6-3-4-8-20(14)15/h3-4,6-9,12,17H,2,5,10H2,1H3. The molecule has 0 aromatic carbocycles. The minimum atomic E-state index is 0.172. The smallest absolute Gasteiger partial charge is 0.160 e. The van der Waals surface area contributed by atoms with E-state index in [0.29, 0.717) is 0 Å². The first-order chi connectivity index (χ1) is 10.3. The van der Waals surface area contributed by atoms with Gasteiger partial charge in [0.1, 0.15) is 0 Å². The lowest BCUT2D eigenvalue weighted by Gasteiger charge is -2.16. The highest BCUT2D eigenvalue weighted by molar-refractivity contribution is 7.10. The molecule has 0 bridgehead atoms. The zero-order valence-corrected chi connectivity index (χ0v) is 13.4. The Balaban J connectivity index is 1.82. The third-order valence-corrected chi connectivity index (χ3v) is 4.82. The van der Waals surface area contributed by atoms with Crippen molar-refractivity contribution in [2.45, 2.75) is 32.4 Å². The molecule has 0 aliphatic carbocycles. The van der Waals surface area contributed by atoms with Crippen molar-refractivity contribution in [1.29, 1.82) is 0 Å². The summed E-state index contributed by atoms with van der Waals surface area (Å²) in [6.45, 7) is 2.93. The molecule has 0 fully saturated rings. The zero-order valence-electron chi connectivity index (χ0n) is 11.8. The number of thiophene rings is 1. The summed E-state index contributed by atoms with van der Waals surface area (Å²) in [5.41, 5.74) is 0.879. The van der Waals surface area contributed by atoms with Gasteiger partial charge in [-0.25, -0.2) is 0 Å². The SMILES string of the molecule is CCCC(NCc1sccc1Cl)c1nnc2ccccn12. The van der Waals surface area contributed by atoms with Crippen LogP contribution in [0.2, 0.25) is 5.02 Å². The topological polar surface area (TPSA) is 42.2 Å². The van der Waals surface area contributed by atoms with E-state index in [9.17, 15) is 0 Å². The Labute approximate surface area is 132 Å². The molecule has 0 saturated carbocycles. The van der Waals surface area contributed by atoms with Gasteiger partial charge in [-0.05, 0) is 30.0 Å². The van der Waals surface area contributed by atoms with E-state index in [1.165, 1.54) is 0 Å². The van der Waals surface area contributed by atoms with E-state index in [1.54, 1.807) is 11.3 Å². The van der Waals surface area contributed by atoms with Crippen molar-refractivity contribution in [3.63, 3.8) is 0 Å². The Morgan fingerprint density at radius 2 is 2.24 bits per heavy atom. The van der Waals surface area contributed by atoms with Crippen LogP contribution in [0, 0.1) is 0 Å². The van der Waals surface area contributed by atoms with Crippen LogP contribution in [0.4, 0.5) is 0 Å². The van der Waals surface area contributed by atoms with Crippen molar-refractivity contribution in [1.82, 2.24) is 19.9 Å². The van der Waals surface area contributed by atoms with Gasteiger partial charge in [0.05, 0.1) is 11.1 Å². The van der Waals surface area contributed by atoms with Crippen LogP contribution in [-0.2, 0) is 6.54 Å². The van der Waals surface area contributed by atoms with Crippen LogP contribution < -0.4 is 5.32 Å². The molecule has 3 heterocycles. The minimum Gasteiger partial charge on any atom is -0.302 e. The second-order valence-corrected chi connectivity index (χ2v) is 6.31. The summed E-state index contributed by atoms with van der Waals surface area (Å²) in [5.74, 6) is 0.958. The maximum absolute atomic E-state index is 6.16. The first kappa shape index (κ1) is 14.5. The van der Waals surface area contributed by atoms with E-state index in [1.807, 2.05) is 40.2 Å². The third-order valence-electron chi connectivity index (χ3n) is 3.43. The molecule has 3 aromatic heterocycles. The number of halogens is 1. The normalized spacial score (nSPS) is 12.9. The summed E-state index contributed by atoms with van der Waals surface area (Å²) in [6, 6.07) is 8.05. The Kier molecular flexibility index (Phi) is 4.53. The predicted octanol–water partition coefficient (Wildman–Crippen LogP) is 4.08. The van der Waals surface area contributed by atoms with Crippen molar-refractivity contribution in [3.8, 4) is 0 Å². The average Bonchev–Trinajstić information content (AvgIpc) is 3.10. The molecule has 0 saturated heterocycles. The first-order valence-corrected chi connectivity index (χ1v) is 8.30. The predicted molar refractivity (Wildman–Crippen MR) is 86.8 cm³/mol. The molecule has 1 N–H and O–H groups in total. The van der Waals surface area contributed by atoms with Gasteiger partial charge in [0, 0.05) is 17.6 Å². The minimum absolute atomic E-state index is 0.172. The van der Waals surface area contributed by atoms with Gasteiger partial charge < -0.3 is 5.32 Å². The molecule has 0 radical (unpaired) electrons. The summed E-state index contributed by atoms with van der Waals surface area (Å²) in [5, 5.41) is 15.0. The van der Waals surface area contributed by atoms with Crippen molar-refractivity contribution in [2.75, 3.05) is 0 Å². The summed E-state index contributed by atoms with van der Waals surface area (Å²) in [7, 11) is 0. The molecule has 0 aliphatic rings. The van der Waals surface area contributed by atoms with Crippen LogP contribution in [0.3, 0.4) is 0 Å². The van der Waals surface area contributed by atoms with Crippen LogP contribution in [0.25, 0.3) is 5.65 Å². The van der Waals surface area contributed by atoms with Crippen molar-refractivity contribution in [3.05, 3.63) is 51.6 Å². The Hall–Kier alpha value is -1.43. The molecule has 4 nitrogen and oxygen atoms in total. The molecule has 1 unspecified atom stereocenters. The van der Waals surface area contributed by atoms with Gasteiger partial charge in [-0.15, -0.1) is 21.5 Å². The number of fused-ring (bicyclic) bond motifs is 1. The van der Waals surface area contributed by atoms with E-state index in [-0.39, 0.29) is 6.04 Å². The third kappa shape index (κ3) is 3.10. The Bertz CT molecular complexity index is 721. The molecule has 1 atom stereocenters. The molecule has 0 aliphatic heterocycles. The molecule has 3 aromatic rings. The fourth-order valence-corrected chi connectivity index (χ4v) is 3.43.